The summed E-state index contributed by atoms with van der Waals surface area (Å²) in [5.41, 5.74) is 5.37. The van der Waals surface area contributed by atoms with Crippen molar-refractivity contribution in [3.8, 4) is 0 Å². The molecular formula is C53H104NO8P. The van der Waals surface area contributed by atoms with E-state index in [1.807, 2.05) is 0 Å². The molecule has 3 N–H and O–H groups in total. The van der Waals surface area contributed by atoms with Crippen LogP contribution < -0.4 is 5.73 Å². The summed E-state index contributed by atoms with van der Waals surface area (Å²) in [5.74, 6) is -0.847. The highest BCUT2D eigenvalue weighted by Crippen LogP contribution is 2.43. The van der Waals surface area contributed by atoms with Gasteiger partial charge in [-0.25, -0.2) is 4.57 Å². The van der Waals surface area contributed by atoms with Gasteiger partial charge in [-0.05, 0) is 32.1 Å². The third-order valence-electron chi connectivity index (χ3n) is 12.2. The Kier molecular flexibility index (Phi) is 49.2. The van der Waals surface area contributed by atoms with E-state index in [9.17, 15) is 19.0 Å². The Balaban J connectivity index is 4.00. The molecule has 0 aliphatic heterocycles. The molecule has 0 aliphatic carbocycles. The molecule has 374 valence electrons. The third-order valence-corrected chi connectivity index (χ3v) is 13.1. The Morgan fingerprint density at radius 1 is 0.460 bits per heavy atom. The topological polar surface area (TPSA) is 134 Å². The lowest BCUT2D eigenvalue weighted by Gasteiger charge is -2.19. The van der Waals surface area contributed by atoms with Gasteiger partial charge in [-0.3, -0.25) is 18.6 Å². The second-order valence-corrected chi connectivity index (χ2v) is 19.9. The van der Waals surface area contributed by atoms with E-state index in [1.165, 1.54) is 218 Å². The van der Waals surface area contributed by atoms with E-state index in [1.54, 1.807) is 0 Å². The van der Waals surface area contributed by atoms with Gasteiger partial charge in [-0.1, -0.05) is 251 Å². The normalized spacial score (nSPS) is 13.1. The van der Waals surface area contributed by atoms with Crippen LogP contribution in [0.1, 0.15) is 284 Å². The number of unbranched alkanes of at least 4 members (excludes halogenated alkanes) is 37. The van der Waals surface area contributed by atoms with Crippen molar-refractivity contribution in [1.82, 2.24) is 0 Å². The Labute approximate surface area is 389 Å². The molecule has 1 unspecified atom stereocenters. The fourth-order valence-corrected chi connectivity index (χ4v) is 8.88. The monoisotopic (exact) mass is 914 g/mol. The van der Waals surface area contributed by atoms with Crippen molar-refractivity contribution >= 4 is 19.8 Å². The predicted molar refractivity (Wildman–Crippen MR) is 266 cm³/mol. The van der Waals surface area contributed by atoms with Gasteiger partial charge in [0.2, 0.25) is 0 Å². The molecule has 0 heterocycles. The van der Waals surface area contributed by atoms with Crippen molar-refractivity contribution in [3.63, 3.8) is 0 Å². The number of phosphoric acid groups is 1. The molecule has 0 saturated carbocycles. The first-order valence-electron chi connectivity index (χ1n) is 27.2. The summed E-state index contributed by atoms with van der Waals surface area (Å²) >= 11 is 0. The molecule has 0 aromatic rings. The van der Waals surface area contributed by atoms with Gasteiger partial charge >= 0.3 is 19.8 Å². The van der Waals surface area contributed by atoms with Gasteiger partial charge in [0.25, 0.3) is 0 Å². The van der Waals surface area contributed by atoms with Crippen molar-refractivity contribution < 1.29 is 37.6 Å². The molecule has 0 rings (SSSR count). The minimum Gasteiger partial charge on any atom is -0.462 e. The van der Waals surface area contributed by atoms with E-state index in [0.29, 0.717) is 6.42 Å². The van der Waals surface area contributed by atoms with Crippen LogP contribution in [0.2, 0.25) is 0 Å². The average molecular weight is 914 g/mol. The van der Waals surface area contributed by atoms with E-state index < -0.39 is 26.5 Å². The van der Waals surface area contributed by atoms with Crippen LogP contribution in [0.3, 0.4) is 0 Å². The Bertz CT molecular complexity index is 1040. The van der Waals surface area contributed by atoms with E-state index in [-0.39, 0.29) is 38.6 Å². The van der Waals surface area contributed by atoms with Crippen LogP contribution in [0.15, 0.2) is 12.2 Å². The van der Waals surface area contributed by atoms with E-state index in [0.717, 1.165) is 32.1 Å². The maximum absolute atomic E-state index is 12.7. The molecular weight excluding hydrogens is 810 g/mol. The second kappa shape index (κ2) is 50.2. The second-order valence-electron chi connectivity index (χ2n) is 18.5. The largest absolute Gasteiger partial charge is 0.472 e. The lowest BCUT2D eigenvalue weighted by Crippen LogP contribution is -2.29. The summed E-state index contributed by atoms with van der Waals surface area (Å²) < 4.78 is 32.9. The van der Waals surface area contributed by atoms with Gasteiger partial charge in [0, 0.05) is 19.4 Å². The lowest BCUT2D eigenvalue weighted by atomic mass is 10.0. The number of esters is 2. The molecule has 0 aromatic carbocycles. The molecule has 0 aliphatic rings. The van der Waals surface area contributed by atoms with Gasteiger partial charge < -0.3 is 20.1 Å². The minimum atomic E-state index is -4.39. The summed E-state index contributed by atoms with van der Waals surface area (Å²) in [6, 6.07) is 0. The maximum atomic E-state index is 12.7. The average Bonchev–Trinajstić information content (AvgIpc) is 3.27. The summed E-state index contributed by atoms with van der Waals surface area (Å²) in [6.07, 6.45) is 55.6. The highest BCUT2D eigenvalue weighted by atomic mass is 31.2. The van der Waals surface area contributed by atoms with Crippen LogP contribution >= 0.6 is 7.82 Å². The Morgan fingerprint density at radius 2 is 0.794 bits per heavy atom. The number of rotatable bonds is 52. The highest BCUT2D eigenvalue weighted by Gasteiger charge is 2.26. The molecule has 0 saturated heterocycles. The van der Waals surface area contributed by atoms with Crippen molar-refractivity contribution in [1.29, 1.82) is 0 Å². The Hall–Kier alpha value is -1.25. The molecule has 9 nitrogen and oxygen atoms in total. The first-order chi connectivity index (χ1) is 30.8. The van der Waals surface area contributed by atoms with Crippen LogP contribution in [-0.4, -0.2) is 49.3 Å². The fraction of sp³-hybridized carbons (Fsp3) is 0.925. The van der Waals surface area contributed by atoms with E-state index in [4.69, 9.17) is 24.3 Å². The molecule has 0 aromatic heterocycles. The molecule has 0 radical (unpaired) electrons. The fourth-order valence-electron chi connectivity index (χ4n) is 8.11. The van der Waals surface area contributed by atoms with Crippen molar-refractivity contribution in [2.75, 3.05) is 26.4 Å². The zero-order chi connectivity index (χ0) is 46.0. The first-order valence-corrected chi connectivity index (χ1v) is 28.7. The van der Waals surface area contributed by atoms with Crippen LogP contribution in [0.4, 0.5) is 0 Å². The number of ether oxygens (including phenoxy) is 2. The molecule has 0 amide bonds. The zero-order valence-electron chi connectivity index (χ0n) is 41.6. The van der Waals surface area contributed by atoms with Crippen LogP contribution in [0, 0.1) is 0 Å². The molecule has 0 spiro atoms. The Morgan fingerprint density at radius 3 is 1.17 bits per heavy atom. The molecule has 63 heavy (non-hydrogen) atoms. The van der Waals surface area contributed by atoms with Crippen molar-refractivity contribution in [2.45, 2.75) is 290 Å². The standard InChI is InChI=1S/C53H104NO8P/c1-3-5-7-9-11-13-15-17-19-21-23-24-25-26-28-30-32-34-36-38-40-42-44-46-53(56)62-51(50-61-63(57,58)60-48-47-54)49-59-52(55)45-43-41-39-37-35-33-31-29-27-22-20-18-16-14-12-10-8-6-4-2/h38,40,51H,3-37,39,41-50,54H2,1-2H3,(H,57,58)/b40-38+/t51-/m1/s1. The number of carbonyl (C=O) groups excluding carboxylic acids is 2. The highest BCUT2D eigenvalue weighted by molar-refractivity contribution is 7.47. The zero-order valence-corrected chi connectivity index (χ0v) is 42.5. The van der Waals surface area contributed by atoms with Crippen LogP contribution in [-0.2, 0) is 32.7 Å². The molecule has 2 atom stereocenters. The number of hydrogen-bond donors (Lipinski definition) is 2. The van der Waals surface area contributed by atoms with E-state index in [2.05, 4.69) is 26.0 Å². The first kappa shape index (κ1) is 61.8. The number of allylic oxidation sites excluding steroid dienone is 2. The SMILES string of the molecule is CCCCCCCCCCCCCCCCCCCC/C=C/CCCC(=O)O[C@H](COC(=O)CCCCCCCCCCCCCCCCCCCCC)COP(=O)(O)OCCN. The van der Waals surface area contributed by atoms with Gasteiger partial charge in [-0.15, -0.1) is 0 Å². The third kappa shape index (κ3) is 50.0. The summed E-state index contributed by atoms with van der Waals surface area (Å²) in [6.45, 7) is 3.77. The summed E-state index contributed by atoms with van der Waals surface area (Å²) in [7, 11) is -4.39. The predicted octanol–water partition coefficient (Wildman–Crippen LogP) is 16.5. The number of phosphoric ester groups is 1. The van der Waals surface area contributed by atoms with Gasteiger partial charge in [0.1, 0.15) is 6.61 Å². The number of carbonyl (C=O) groups is 2. The van der Waals surface area contributed by atoms with E-state index >= 15 is 0 Å². The van der Waals surface area contributed by atoms with Crippen molar-refractivity contribution in [2.24, 2.45) is 5.73 Å². The number of nitrogens with two attached hydrogens (primary N) is 1. The quantitative estimate of drug-likeness (QED) is 0.0265. The minimum absolute atomic E-state index is 0.0530. The van der Waals surface area contributed by atoms with Gasteiger partial charge in [-0.2, -0.15) is 0 Å². The smallest absolute Gasteiger partial charge is 0.462 e. The lowest BCUT2D eigenvalue weighted by molar-refractivity contribution is -0.161. The van der Waals surface area contributed by atoms with Crippen molar-refractivity contribution in [3.05, 3.63) is 12.2 Å². The summed E-state index contributed by atoms with van der Waals surface area (Å²) in [4.78, 5) is 35.1. The molecule has 0 fully saturated rings. The van der Waals surface area contributed by atoms with Crippen LogP contribution in [0.5, 0.6) is 0 Å². The molecule has 10 heteroatoms. The summed E-state index contributed by atoms with van der Waals surface area (Å²) in [5, 5.41) is 0. The van der Waals surface area contributed by atoms with Gasteiger partial charge in [0.15, 0.2) is 6.10 Å². The van der Waals surface area contributed by atoms with Gasteiger partial charge in [0.05, 0.1) is 13.2 Å². The molecule has 0 bridgehead atoms. The van der Waals surface area contributed by atoms with Crippen LogP contribution in [0.25, 0.3) is 0 Å². The maximum Gasteiger partial charge on any atom is 0.472 e. The number of hydrogen-bond acceptors (Lipinski definition) is 8.